The summed E-state index contributed by atoms with van der Waals surface area (Å²) in [5.41, 5.74) is 13.5. The topological polar surface area (TPSA) is 0 Å². The van der Waals surface area contributed by atoms with Crippen molar-refractivity contribution in [3.8, 4) is 11.1 Å². The zero-order valence-electron chi connectivity index (χ0n) is 18.2. The molecule has 0 fully saturated rings. The van der Waals surface area contributed by atoms with Crippen LogP contribution in [0.5, 0.6) is 0 Å². The molecule has 1 atom stereocenters. The van der Waals surface area contributed by atoms with E-state index < -0.39 is 0 Å². The van der Waals surface area contributed by atoms with Gasteiger partial charge in [-0.2, -0.15) is 0 Å². The Labute approximate surface area is 184 Å². The molecule has 0 heteroatoms. The minimum atomic E-state index is -0.294. The van der Waals surface area contributed by atoms with Gasteiger partial charge in [0.1, 0.15) is 0 Å². The van der Waals surface area contributed by atoms with Gasteiger partial charge in [0, 0.05) is 0 Å². The highest BCUT2D eigenvalue weighted by Gasteiger charge is 2.48. The Kier molecular flexibility index (Phi) is 4.05. The zero-order valence-corrected chi connectivity index (χ0v) is 18.2. The van der Waals surface area contributed by atoms with Crippen molar-refractivity contribution < 1.29 is 0 Å². The van der Waals surface area contributed by atoms with E-state index in [2.05, 4.69) is 111 Å². The van der Waals surface area contributed by atoms with E-state index in [9.17, 15) is 0 Å². The molecular weight excluding hydrogens is 372 g/mol. The molecule has 2 aliphatic carbocycles. The molecule has 0 radical (unpaired) electrons. The molecule has 4 aromatic rings. The van der Waals surface area contributed by atoms with E-state index in [-0.39, 0.29) is 5.41 Å². The average molecular weight is 399 g/mol. The maximum atomic E-state index is 2.47. The maximum Gasteiger partial charge on any atom is 0.0725 e. The molecule has 2 aliphatic rings. The van der Waals surface area contributed by atoms with Crippen molar-refractivity contribution in [2.45, 2.75) is 32.1 Å². The first kappa shape index (κ1) is 18.4. The Bertz CT molecular complexity index is 1350. The average Bonchev–Trinajstić information content (AvgIpc) is 3.03. The normalized spacial score (nSPS) is 17.6. The Morgan fingerprint density at radius 1 is 0.516 bits per heavy atom. The van der Waals surface area contributed by atoms with Crippen molar-refractivity contribution in [3.05, 3.63) is 129 Å². The van der Waals surface area contributed by atoms with Gasteiger partial charge < -0.3 is 0 Å². The van der Waals surface area contributed by atoms with Crippen LogP contribution in [0, 0.1) is 0 Å². The molecule has 0 saturated carbocycles. The lowest BCUT2D eigenvalue weighted by Gasteiger charge is -2.35. The summed E-state index contributed by atoms with van der Waals surface area (Å²) in [5.74, 6) is 0. The summed E-state index contributed by atoms with van der Waals surface area (Å²) in [6.45, 7) is 4.50. The van der Waals surface area contributed by atoms with Gasteiger partial charge >= 0.3 is 0 Å². The Balaban J connectivity index is 1.85. The first-order valence-electron chi connectivity index (χ1n) is 11.4. The summed E-state index contributed by atoms with van der Waals surface area (Å²) in [4.78, 5) is 0. The predicted octanol–water partition coefficient (Wildman–Crippen LogP) is 7.66. The maximum absolute atomic E-state index is 2.47. The van der Waals surface area contributed by atoms with Crippen LogP contribution in [0.3, 0.4) is 0 Å². The molecule has 1 spiro atoms. The van der Waals surface area contributed by atoms with Gasteiger partial charge in [0.05, 0.1) is 5.41 Å². The minimum absolute atomic E-state index is 0.294. The fraction of sp³-hybridized carbons (Fsp3) is 0.161. The molecule has 6 rings (SSSR count). The number of benzene rings is 4. The van der Waals surface area contributed by atoms with E-state index >= 15 is 0 Å². The second-order valence-corrected chi connectivity index (χ2v) is 8.72. The van der Waals surface area contributed by atoms with Gasteiger partial charge in [-0.3, -0.25) is 0 Å². The van der Waals surface area contributed by atoms with Crippen LogP contribution in [0.4, 0.5) is 0 Å². The summed E-state index contributed by atoms with van der Waals surface area (Å²) in [5, 5.41) is 0. The van der Waals surface area contributed by atoms with Gasteiger partial charge in [0.25, 0.3) is 0 Å². The second kappa shape index (κ2) is 6.82. The van der Waals surface area contributed by atoms with E-state index in [1.54, 1.807) is 0 Å². The molecule has 0 aliphatic heterocycles. The SMILES string of the molecule is CCc1ccc2c(c1)C1(c3ccccc3C=C2)c2ccccc2-c2ccc(CC)cc21. The number of hydrogen-bond acceptors (Lipinski definition) is 0. The lowest BCUT2D eigenvalue weighted by atomic mass is 9.65. The van der Waals surface area contributed by atoms with E-state index in [0.29, 0.717) is 0 Å². The molecule has 0 nitrogen and oxygen atoms in total. The van der Waals surface area contributed by atoms with Gasteiger partial charge in [0.2, 0.25) is 0 Å². The van der Waals surface area contributed by atoms with E-state index in [1.165, 1.54) is 55.6 Å². The third-order valence-corrected chi connectivity index (χ3v) is 7.25. The minimum Gasteiger partial charge on any atom is -0.0619 e. The number of hydrogen-bond donors (Lipinski definition) is 0. The first-order chi connectivity index (χ1) is 15.3. The predicted molar refractivity (Wildman–Crippen MR) is 131 cm³/mol. The van der Waals surface area contributed by atoms with Gasteiger partial charge in [-0.25, -0.2) is 0 Å². The van der Waals surface area contributed by atoms with E-state index in [1.807, 2.05) is 0 Å². The lowest BCUT2D eigenvalue weighted by Crippen LogP contribution is -2.30. The van der Waals surface area contributed by atoms with Gasteiger partial charge in [-0.1, -0.05) is 111 Å². The smallest absolute Gasteiger partial charge is 0.0619 e. The van der Waals surface area contributed by atoms with Crippen molar-refractivity contribution in [2.24, 2.45) is 0 Å². The highest BCUT2D eigenvalue weighted by atomic mass is 14.5. The molecule has 0 amide bonds. The lowest BCUT2D eigenvalue weighted by molar-refractivity contribution is 0.762. The molecular formula is C31H26. The van der Waals surface area contributed by atoms with Crippen LogP contribution < -0.4 is 0 Å². The first-order valence-corrected chi connectivity index (χ1v) is 11.4. The van der Waals surface area contributed by atoms with Gasteiger partial charge in [-0.15, -0.1) is 0 Å². The van der Waals surface area contributed by atoms with Crippen LogP contribution in [0.25, 0.3) is 23.3 Å². The standard InChI is InChI=1S/C31H26/c1-3-21-13-15-24-17-16-23-9-5-7-11-27(23)31(29(24)19-21)28-12-8-6-10-25(28)26-18-14-22(4-2)20-30(26)31/h5-20H,3-4H2,1-2H3. The Hall–Kier alpha value is -3.38. The number of fused-ring (bicyclic) bond motifs is 9. The number of aryl methyl sites for hydroxylation is 2. The molecule has 4 aromatic carbocycles. The molecule has 0 saturated heterocycles. The van der Waals surface area contributed by atoms with E-state index in [4.69, 9.17) is 0 Å². The van der Waals surface area contributed by atoms with Crippen molar-refractivity contribution in [1.29, 1.82) is 0 Å². The third kappa shape index (κ3) is 2.42. The van der Waals surface area contributed by atoms with Crippen LogP contribution in [0.1, 0.15) is 58.4 Å². The molecule has 31 heavy (non-hydrogen) atoms. The zero-order chi connectivity index (χ0) is 21.0. The van der Waals surface area contributed by atoms with Crippen molar-refractivity contribution in [1.82, 2.24) is 0 Å². The monoisotopic (exact) mass is 398 g/mol. The molecule has 0 N–H and O–H groups in total. The Morgan fingerprint density at radius 2 is 1.10 bits per heavy atom. The van der Waals surface area contributed by atoms with Gasteiger partial charge in [0.15, 0.2) is 0 Å². The van der Waals surface area contributed by atoms with Crippen molar-refractivity contribution >= 4 is 12.2 Å². The molecule has 0 heterocycles. The van der Waals surface area contributed by atoms with E-state index in [0.717, 1.165) is 12.8 Å². The summed E-state index contributed by atoms with van der Waals surface area (Å²) in [7, 11) is 0. The Morgan fingerprint density at radius 3 is 1.87 bits per heavy atom. The van der Waals surface area contributed by atoms with Crippen LogP contribution >= 0.6 is 0 Å². The highest BCUT2D eigenvalue weighted by Crippen LogP contribution is 2.58. The highest BCUT2D eigenvalue weighted by molar-refractivity contribution is 5.91. The van der Waals surface area contributed by atoms with Crippen molar-refractivity contribution in [2.75, 3.05) is 0 Å². The van der Waals surface area contributed by atoms with Crippen LogP contribution in [-0.2, 0) is 18.3 Å². The molecule has 1 unspecified atom stereocenters. The summed E-state index contributed by atoms with van der Waals surface area (Å²) in [6, 6.07) is 32.2. The fourth-order valence-electron chi connectivity index (χ4n) is 5.73. The summed E-state index contributed by atoms with van der Waals surface area (Å²) >= 11 is 0. The fourth-order valence-corrected chi connectivity index (χ4v) is 5.73. The largest absolute Gasteiger partial charge is 0.0725 e. The third-order valence-electron chi connectivity index (χ3n) is 7.25. The molecule has 150 valence electrons. The van der Waals surface area contributed by atoms with Gasteiger partial charge in [-0.05, 0) is 68.5 Å². The summed E-state index contributed by atoms with van der Waals surface area (Å²) < 4.78 is 0. The van der Waals surface area contributed by atoms with Crippen LogP contribution in [0.2, 0.25) is 0 Å². The molecule has 0 aromatic heterocycles. The van der Waals surface area contributed by atoms with Crippen LogP contribution in [0.15, 0.2) is 84.9 Å². The molecule has 0 bridgehead atoms. The van der Waals surface area contributed by atoms with Crippen molar-refractivity contribution in [3.63, 3.8) is 0 Å². The summed E-state index contributed by atoms with van der Waals surface area (Å²) in [6.07, 6.45) is 6.70. The second-order valence-electron chi connectivity index (χ2n) is 8.72. The van der Waals surface area contributed by atoms with Crippen LogP contribution in [-0.4, -0.2) is 0 Å². The quantitative estimate of drug-likeness (QED) is 0.281. The number of rotatable bonds is 2.